The van der Waals surface area contributed by atoms with Crippen LogP contribution in [-0.4, -0.2) is 54.3 Å². The second kappa shape index (κ2) is 8.20. The zero-order chi connectivity index (χ0) is 18.7. The molecular formula is C19H22ClN3O2S. The van der Waals surface area contributed by atoms with Gasteiger partial charge < -0.3 is 10.2 Å². The standard InChI is InChI=1S/C19H22ClN3O2S/c1-13-10-14(2)18(15(20)11-13)21-17(24)12-22-5-7-23(8-6-22)19(25)16-4-3-9-26-16/h3-4,9-11H,5-8,12H2,1-2H3,(H,21,24). The number of nitrogens with zero attached hydrogens (tertiary/aromatic N) is 2. The number of amides is 2. The van der Waals surface area contributed by atoms with Crippen LogP contribution < -0.4 is 5.32 Å². The number of carbonyl (C=O) groups excluding carboxylic acids is 2. The molecule has 138 valence electrons. The Hall–Kier alpha value is -1.89. The van der Waals surface area contributed by atoms with E-state index in [1.807, 2.05) is 48.4 Å². The maximum atomic E-state index is 12.4. The molecule has 1 aromatic carbocycles. The van der Waals surface area contributed by atoms with E-state index >= 15 is 0 Å². The second-order valence-electron chi connectivity index (χ2n) is 6.53. The van der Waals surface area contributed by atoms with Gasteiger partial charge in [-0.05, 0) is 42.5 Å². The quantitative estimate of drug-likeness (QED) is 0.868. The lowest BCUT2D eigenvalue weighted by Gasteiger charge is -2.34. The van der Waals surface area contributed by atoms with Crippen LogP contribution in [0.2, 0.25) is 5.02 Å². The zero-order valence-corrected chi connectivity index (χ0v) is 16.5. The van der Waals surface area contributed by atoms with Crippen LogP contribution in [0, 0.1) is 13.8 Å². The van der Waals surface area contributed by atoms with E-state index in [1.54, 1.807) is 0 Å². The first-order chi connectivity index (χ1) is 12.4. The molecule has 0 bridgehead atoms. The molecule has 3 rings (SSSR count). The number of hydrogen-bond donors (Lipinski definition) is 1. The van der Waals surface area contributed by atoms with E-state index in [0.29, 0.717) is 43.4 Å². The van der Waals surface area contributed by atoms with Gasteiger partial charge in [0.1, 0.15) is 0 Å². The summed E-state index contributed by atoms with van der Waals surface area (Å²) >= 11 is 7.71. The molecule has 1 saturated heterocycles. The number of hydrogen-bond acceptors (Lipinski definition) is 4. The predicted octanol–water partition coefficient (Wildman–Crippen LogP) is 3.41. The van der Waals surface area contributed by atoms with Crippen LogP contribution >= 0.6 is 22.9 Å². The summed E-state index contributed by atoms with van der Waals surface area (Å²) in [7, 11) is 0. The number of anilines is 1. The Morgan fingerprint density at radius 2 is 1.92 bits per heavy atom. The Morgan fingerprint density at radius 1 is 1.19 bits per heavy atom. The molecule has 1 N–H and O–H groups in total. The summed E-state index contributed by atoms with van der Waals surface area (Å²) in [6.07, 6.45) is 0. The average molecular weight is 392 g/mol. The number of rotatable bonds is 4. The molecule has 0 atom stereocenters. The molecule has 0 aliphatic carbocycles. The van der Waals surface area contributed by atoms with Crippen molar-refractivity contribution in [1.82, 2.24) is 9.80 Å². The second-order valence-corrected chi connectivity index (χ2v) is 7.89. The van der Waals surface area contributed by atoms with Crippen molar-refractivity contribution in [3.63, 3.8) is 0 Å². The summed E-state index contributed by atoms with van der Waals surface area (Å²) in [4.78, 5) is 29.4. The van der Waals surface area contributed by atoms with Crippen molar-refractivity contribution in [1.29, 1.82) is 0 Å². The number of carbonyl (C=O) groups is 2. The van der Waals surface area contributed by atoms with E-state index in [0.717, 1.165) is 16.0 Å². The fourth-order valence-corrected chi connectivity index (χ4v) is 4.18. The molecule has 1 aliphatic heterocycles. The topological polar surface area (TPSA) is 52.7 Å². The van der Waals surface area contributed by atoms with Gasteiger partial charge in [-0.3, -0.25) is 14.5 Å². The third-order valence-electron chi connectivity index (χ3n) is 4.45. The van der Waals surface area contributed by atoms with Crippen molar-refractivity contribution in [2.24, 2.45) is 0 Å². The smallest absolute Gasteiger partial charge is 0.264 e. The normalized spacial score (nSPS) is 15.1. The molecule has 0 spiro atoms. The van der Waals surface area contributed by atoms with E-state index in [9.17, 15) is 9.59 Å². The largest absolute Gasteiger partial charge is 0.335 e. The number of thiophene rings is 1. The van der Waals surface area contributed by atoms with Crippen molar-refractivity contribution in [2.75, 3.05) is 38.0 Å². The lowest BCUT2D eigenvalue weighted by molar-refractivity contribution is -0.117. The van der Waals surface area contributed by atoms with E-state index in [-0.39, 0.29) is 11.8 Å². The summed E-state index contributed by atoms with van der Waals surface area (Å²) < 4.78 is 0. The molecule has 0 unspecified atom stereocenters. The van der Waals surface area contributed by atoms with Crippen molar-refractivity contribution in [3.8, 4) is 0 Å². The van der Waals surface area contributed by atoms with Gasteiger partial charge in [-0.15, -0.1) is 11.3 Å². The van der Waals surface area contributed by atoms with Crippen molar-refractivity contribution >= 4 is 40.4 Å². The minimum Gasteiger partial charge on any atom is -0.335 e. The minimum absolute atomic E-state index is 0.0752. The van der Waals surface area contributed by atoms with Gasteiger partial charge in [0, 0.05) is 26.2 Å². The van der Waals surface area contributed by atoms with E-state index < -0.39 is 0 Å². The van der Waals surface area contributed by atoms with Crippen LogP contribution in [0.5, 0.6) is 0 Å². The van der Waals surface area contributed by atoms with Gasteiger partial charge in [0.2, 0.25) is 5.91 Å². The molecule has 2 heterocycles. The number of aryl methyl sites for hydroxylation is 2. The summed E-state index contributed by atoms with van der Waals surface area (Å²) in [5, 5.41) is 5.38. The first-order valence-corrected chi connectivity index (χ1v) is 9.81. The Bertz CT molecular complexity index is 776. The first-order valence-electron chi connectivity index (χ1n) is 8.56. The van der Waals surface area contributed by atoms with Gasteiger partial charge in [-0.1, -0.05) is 23.7 Å². The summed E-state index contributed by atoms with van der Waals surface area (Å²) in [5.74, 6) is -0.0111. The van der Waals surface area contributed by atoms with Crippen molar-refractivity contribution in [2.45, 2.75) is 13.8 Å². The number of nitrogens with one attached hydrogen (secondary N) is 1. The number of piperazine rings is 1. The monoisotopic (exact) mass is 391 g/mol. The number of halogens is 1. The minimum atomic E-state index is -0.0862. The highest BCUT2D eigenvalue weighted by Crippen LogP contribution is 2.27. The Balaban J connectivity index is 1.52. The molecule has 26 heavy (non-hydrogen) atoms. The van der Waals surface area contributed by atoms with Gasteiger partial charge in [0.05, 0.1) is 22.1 Å². The van der Waals surface area contributed by atoms with Crippen LogP contribution in [-0.2, 0) is 4.79 Å². The maximum Gasteiger partial charge on any atom is 0.264 e. The van der Waals surface area contributed by atoms with Crippen LogP contribution in [0.4, 0.5) is 5.69 Å². The highest BCUT2D eigenvalue weighted by Gasteiger charge is 2.24. The molecular weight excluding hydrogens is 370 g/mol. The van der Waals surface area contributed by atoms with Gasteiger partial charge in [-0.25, -0.2) is 0 Å². The SMILES string of the molecule is Cc1cc(C)c(NC(=O)CN2CCN(C(=O)c3cccs3)CC2)c(Cl)c1. The Morgan fingerprint density at radius 3 is 2.54 bits per heavy atom. The van der Waals surface area contributed by atoms with E-state index in [2.05, 4.69) is 10.2 Å². The highest BCUT2D eigenvalue weighted by atomic mass is 35.5. The molecule has 5 nitrogen and oxygen atoms in total. The van der Waals surface area contributed by atoms with Crippen molar-refractivity contribution < 1.29 is 9.59 Å². The van der Waals surface area contributed by atoms with Gasteiger partial charge in [0.25, 0.3) is 5.91 Å². The predicted molar refractivity (Wildman–Crippen MR) is 106 cm³/mol. The number of benzene rings is 1. The molecule has 7 heteroatoms. The fraction of sp³-hybridized carbons (Fsp3) is 0.368. The van der Waals surface area contributed by atoms with Crippen LogP contribution in [0.25, 0.3) is 0 Å². The first kappa shape index (κ1) is 18.9. The molecule has 1 aromatic heterocycles. The zero-order valence-electron chi connectivity index (χ0n) is 14.9. The molecule has 1 aliphatic rings. The Labute approximate surface area is 162 Å². The summed E-state index contributed by atoms with van der Waals surface area (Å²) in [5.41, 5.74) is 2.69. The van der Waals surface area contributed by atoms with E-state index in [4.69, 9.17) is 11.6 Å². The molecule has 2 amide bonds. The van der Waals surface area contributed by atoms with E-state index in [1.165, 1.54) is 11.3 Å². The fourth-order valence-electron chi connectivity index (χ4n) is 3.12. The van der Waals surface area contributed by atoms with Crippen molar-refractivity contribution in [3.05, 3.63) is 50.7 Å². The maximum absolute atomic E-state index is 12.4. The highest BCUT2D eigenvalue weighted by molar-refractivity contribution is 7.12. The third kappa shape index (κ3) is 4.44. The molecule has 1 fully saturated rings. The van der Waals surface area contributed by atoms with Gasteiger partial charge in [0.15, 0.2) is 0 Å². The van der Waals surface area contributed by atoms with Crippen LogP contribution in [0.15, 0.2) is 29.6 Å². The third-order valence-corrected chi connectivity index (χ3v) is 5.61. The van der Waals surface area contributed by atoms with Crippen LogP contribution in [0.1, 0.15) is 20.8 Å². The Kier molecular flexibility index (Phi) is 5.96. The summed E-state index contributed by atoms with van der Waals surface area (Å²) in [6.45, 7) is 6.84. The summed E-state index contributed by atoms with van der Waals surface area (Å²) in [6, 6.07) is 7.58. The van der Waals surface area contributed by atoms with Crippen LogP contribution in [0.3, 0.4) is 0 Å². The lowest BCUT2D eigenvalue weighted by Crippen LogP contribution is -2.50. The molecule has 0 radical (unpaired) electrons. The average Bonchev–Trinajstić information content (AvgIpc) is 3.13. The molecule has 0 saturated carbocycles. The molecule has 2 aromatic rings. The van der Waals surface area contributed by atoms with Gasteiger partial charge in [-0.2, -0.15) is 0 Å². The van der Waals surface area contributed by atoms with Gasteiger partial charge >= 0.3 is 0 Å². The lowest BCUT2D eigenvalue weighted by atomic mass is 10.1.